The molecule has 0 aliphatic carbocycles. The normalized spacial score (nSPS) is 10.0. The molecule has 0 unspecified atom stereocenters. The van der Waals surface area contributed by atoms with E-state index in [9.17, 15) is 14.4 Å². The number of nitrogens with one attached hydrogen (secondary N) is 3. The van der Waals surface area contributed by atoms with Gasteiger partial charge < -0.3 is 5.32 Å². The minimum absolute atomic E-state index is 0.0304. The summed E-state index contributed by atoms with van der Waals surface area (Å²) >= 11 is 5.94. The number of aryl methyl sites for hydroxylation is 1. The monoisotopic (exact) mass is 359 g/mol. The maximum atomic E-state index is 11.9. The quantitative estimate of drug-likeness (QED) is 0.717. The lowest BCUT2D eigenvalue weighted by Crippen LogP contribution is -2.41. The Labute approximate surface area is 150 Å². The second kappa shape index (κ2) is 8.84. The summed E-state index contributed by atoms with van der Waals surface area (Å²) in [6.07, 6.45) is -0.0955. The van der Waals surface area contributed by atoms with E-state index in [1.165, 1.54) is 0 Å². The highest BCUT2D eigenvalue weighted by molar-refractivity contribution is 6.33. The fourth-order valence-corrected chi connectivity index (χ4v) is 2.23. The SMILES string of the molecule is Cc1cccc(C(=O)NNC(=O)CCC(=O)Nc2ccccc2Cl)c1. The minimum atomic E-state index is -0.463. The van der Waals surface area contributed by atoms with Crippen LogP contribution in [0.25, 0.3) is 0 Å². The molecule has 0 radical (unpaired) electrons. The summed E-state index contributed by atoms with van der Waals surface area (Å²) in [4.78, 5) is 35.5. The first-order valence-electron chi connectivity index (χ1n) is 7.66. The van der Waals surface area contributed by atoms with Gasteiger partial charge in [0.05, 0.1) is 10.7 Å². The average molecular weight is 360 g/mol. The standard InChI is InChI=1S/C18H18ClN3O3/c1-12-5-4-6-13(11-12)18(25)22-21-17(24)10-9-16(23)20-15-8-3-2-7-14(15)19/h2-8,11H,9-10H2,1H3,(H,20,23)(H,21,24)(H,22,25). The molecule has 3 amide bonds. The molecule has 0 atom stereocenters. The zero-order valence-electron chi connectivity index (χ0n) is 13.6. The van der Waals surface area contributed by atoms with Crippen molar-refractivity contribution in [3.63, 3.8) is 0 Å². The summed E-state index contributed by atoms with van der Waals surface area (Å²) in [6.45, 7) is 1.87. The van der Waals surface area contributed by atoms with Crippen molar-refractivity contribution in [2.24, 2.45) is 0 Å². The number of anilines is 1. The second-order valence-corrected chi connectivity index (χ2v) is 5.81. The van der Waals surface area contributed by atoms with Crippen molar-refractivity contribution in [3.8, 4) is 0 Å². The van der Waals surface area contributed by atoms with Crippen LogP contribution in [0.5, 0.6) is 0 Å². The van der Waals surface area contributed by atoms with Gasteiger partial charge in [0.2, 0.25) is 11.8 Å². The third-order valence-corrected chi connectivity index (χ3v) is 3.65. The van der Waals surface area contributed by atoms with Crippen molar-refractivity contribution in [2.45, 2.75) is 19.8 Å². The van der Waals surface area contributed by atoms with Gasteiger partial charge >= 0.3 is 0 Å². The zero-order valence-corrected chi connectivity index (χ0v) is 14.4. The average Bonchev–Trinajstić information content (AvgIpc) is 2.60. The lowest BCUT2D eigenvalue weighted by molar-refractivity contribution is -0.124. The molecule has 0 aliphatic heterocycles. The number of para-hydroxylation sites is 1. The molecule has 2 aromatic carbocycles. The van der Waals surface area contributed by atoms with Crippen LogP contribution in [0.1, 0.15) is 28.8 Å². The number of carbonyl (C=O) groups excluding carboxylic acids is 3. The number of hydrogen-bond donors (Lipinski definition) is 3. The Morgan fingerprint density at radius 2 is 1.64 bits per heavy atom. The van der Waals surface area contributed by atoms with Crippen molar-refractivity contribution >= 4 is 35.0 Å². The van der Waals surface area contributed by atoms with Crippen LogP contribution in [0.15, 0.2) is 48.5 Å². The van der Waals surface area contributed by atoms with E-state index in [1.807, 2.05) is 13.0 Å². The molecule has 0 saturated carbocycles. The van der Waals surface area contributed by atoms with Gasteiger partial charge in [0.25, 0.3) is 5.91 Å². The molecule has 2 rings (SSSR count). The Balaban J connectivity index is 1.74. The number of hydrazine groups is 1. The van der Waals surface area contributed by atoms with Gasteiger partial charge in [0.15, 0.2) is 0 Å². The lowest BCUT2D eigenvalue weighted by Gasteiger charge is -2.09. The molecule has 6 nitrogen and oxygen atoms in total. The van der Waals surface area contributed by atoms with Crippen LogP contribution < -0.4 is 16.2 Å². The fourth-order valence-electron chi connectivity index (χ4n) is 2.05. The van der Waals surface area contributed by atoms with Gasteiger partial charge in [-0.15, -0.1) is 0 Å². The van der Waals surface area contributed by atoms with Crippen LogP contribution in [-0.4, -0.2) is 17.7 Å². The molecule has 0 aromatic heterocycles. The third-order valence-electron chi connectivity index (χ3n) is 3.32. The van der Waals surface area contributed by atoms with E-state index in [4.69, 9.17) is 11.6 Å². The first-order chi connectivity index (χ1) is 12.0. The zero-order chi connectivity index (χ0) is 18.2. The molecular weight excluding hydrogens is 342 g/mol. The Morgan fingerprint density at radius 3 is 2.36 bits per heavy atom. The van der Waals surface area contributed by atoms with Crippen LogP contribution in [0.4, 0.5) is 5.69 Å². The van der Waals surface area contributed by atoms with Crippen LogP contribution in [-0.2, 0) is 9.59 Å². The molecule has 0 saturated heterocycles. The van der Waals surface area contributed by atoms with E-state index >= 15 is 0 Å². The highest BCUT2D eigenvalue weighted by Gasteiger charge is 2.10. The van der Waals surface area contributed by atoms with E-state index in [0.29, 0.717) is 16.3 Å². The summed E-state index contributed by atoms with van der Waals surface area (Å²) in [7, 11) is 0. The predicted octanol–water partition coefficient (Wildman–Crippen LogP) is 2.83. The fraction of sp³-hybridized carbons (Fsp3) is 0.167. The van der Waals surface area contributed by atoms with Crippen LogP contribution in [0.3, 0.4) is 0 Å². The van der Waals surface area contributed by atoms with Crippen LogP contribution in [0.2, 0.25) is 5.02 Å². The Bertz CT molecular complexity index is 793. The van der Waals surface area contributed by atoms with Crippen molar-refractivity contribution < 1.29 is 14.4 Å². The van der Waals surface area contributed by atoms with Gasteiger partial charge in [0.1, 0.15) is 0 Å². The number of benzene rings is 2. The molecular formula is C18H18ClN3O3. The summed E-state index contributed by atoms with van der Waals surface area (Å²) in [6, 6.07) is 13.8. The maximum Gasteiger partial charge on any atom is 0.269 e. The van der Waals surface area contributed by atoms with Crippen molar-refractivity contribution in [1.82, 2.24) is 10.9 Å². The summed E-state index contributed by atoms with van der Waals surface area (Å²) < 4.78 is 0. The topological polar surface area (TPSA) is 87.3 Å². The predicted molar refractivity (Wildman–Crippen MR) is 96.1 cm³/mol. The van der Waals surface area contributed by atoms with Crippen molar-refractivity contribution in [3.05, 3.63) is 64.7 Å². The first-order valence-corrected chi connectivity index (χ1v) is 8.04. The number of amides is 3. The number of rotatable bonds is 5. The van der Waals surface area contributed by atoms with Crippen molar-refractivity contribution in [2.75, 3.05) is 5.32 Å². The Morgan fingerprint density at radius 1 is 0.920 bits per heavy atom. The van der Waals surface area contributed by atoms with Crippen molar-refractivity contribution in [1.29, 1.82) is 0 Å². The highest BCUT2D eigenvalue weighted by Crippen LogP contribution is 2.20. The van der Waals surface area contributed by atoms with Crippen LogP contribution in [0, 0.1) is 6.92 Å². The molecule has 2 aromatic rings. The largest absolute Gasteiger partial charge is 0.325 e. The van der Waals surface area contributed by atoms with Gasteiger partial charge in [-0.1, -0.05) is 41.4 Å². The molecule has 7 heteroatoms. The number of hydrogen-bond acceptors (Lipinski definition) is 3. The highest BCUT2D eigenvalue weighted by atomic mass is 35.5. The van der Waals surface area contributed by atoms with E-state index in [1.54, 1.807) is 42.5 Å². The Hall–Kier alpha value is -2.86. The Kier molecular flexibility index (Phi) is 6.54. The first kappa shape index (κ1) is 18.5. The molecule has 0 spiro atoms. The minimum Gasteiger partial charge on any atom is -0.325 e. The van der Waals surface area contributed by atoms with Crippen LogP contribution >= 0.6 is 11.6 Å². The summed E-state index contributed by atoms with van der Waals surface area (Å²) in [5, 5.41) is 3.05. The molecule has 0 fully saturated rings. The van der Waals surface area contributed by atoms with Gasteiger partial charge in [-0.3, -0.25) is 25.2 Å². The number of carbonyl (C=O) groups is 3. The molecule has 25 heavy (non-hydrogen) atoms. The van der Waals surface area contributed by atoms with E-state index in [2.05, 4.69) is 16.2 Å². The smallest absolute Gasteiger partial charge is 0.269 e. The number of halogens is 1. The maximum absolute atomic E-state index is 11.9. The molecule has 0 heterocycles. The van der Waals surface area contributed by atoms with Gasteiger partial charge in [0, 0.05) is 18.4 Å². The summed E-state index contributed by atoms with van der Waals surface area (Å²) in [5.41, 5.74) is 6.47. The van der Waals surface area contributed by atoms with E-state index < -0.39 is 11.8 Å². The molecule has 3 N–H and O–H groups in total. The summed E-state index contributed by atoms with van der Waals surface area (Å²) in [5.74, 6) is -1.22. The second-order valence-electron chi connectivity index (χ2n) is 5.40. The third kappa shape index (κ3) is 5.93. The molecule has 0 bridgehead atoms. The van der Waals surface area contributed by atoms with E-state index in [0.717, 1.165) is 5.56 Å². The van der Waals surface area contributed by atoms with Gasteiger partial charge in [-0.05, 0) is 31.2 Å². The molecule has 130 valence electrons. The van der Waals surface area contributed by atoms with Gasteiger partial charge in [-0.2, -0.15) is 0 Å². The molecule has 0 aliphatic rings. The lowest BCUT2D eigenvalue weighted by atomic mass is 10.1. The van der Waals surface area contributed by atoms with E-state index in [-0.39, 0.29) is 18.7 Å². The van der Waals surface area contributed by atoms with Gasteiger partial charge in [-0.25, -0.2) is 0 Å².